The van der Waals surface area contributed by atoms with Gasteiger partial charge in [-0.3, -0.25) is 0 Å². The Morgan fingerprint density at radius 1 is 1.07 bits per heavy atom. The summed E-state index contributed by atoms with van der Waals surface area (Å²) in [5.41, 5.74) is 0. The molecule has 0 N–H and O–H groups in total. The summed E-state index contributed by atoms with van der Waals surface area (Å²) in [5.74, 6) is 2.24. The van der Waals surface area contributed by atoms with E-state index in [1.165, 1.54) is 18.6 Å². The number of hydrogen-bond donors (Lipinski definition) is 0. The largest absolute Gasteiger partial charge is 0.376 e. The zero-order chi connectivity index (χ0) is 19.9. The quantitative estimate of drug-likeness (QED) is 0.182. The molecular formula is C18H34NO5PS2. The minimum Gasteiger partial charge on any atom is -0.376 e. The molecule has 158 valence electrons. The van der Waals surface area contributed by atoms with E-state index in [9.17, 15) is 0 Å². The summed E-state index contributed by atoms with van der Waals surface area (Å²) in [6, 6.07) is 2.08. The van der Waals surface area contributed by atoms with Gasteiger partial charge in [-0.05, 0) is 26.2 Å². The molecule has 1 fully saturated rings. The molecule has 6 nitrogen and oxygen atoms in total. The molecule has 0 amide bonds. The van der Waals surface area contributed by atoms with E-state index in [2.05, 4.69) is 19.9 Å². The fraction of sp³-hybridized carbons (Fsp3) is 0.944. The van der Waals surface area contributed by atoms with E-state index in [1.54, 1.807) is 7.11 Å². The Bertz CT molecular complexity index is 416. The van der Waals surface area contributed by atoms with Gasteiger partial charge in [0.05, 0.1) is 37.9 Å². The lowest BCUT2D eigenvalue weighted by molar-refractivity contribution is -0.0111. The first-order valence-corrected chi connectivity index (χ1v) is 13.3. The molecule has 27 heavy (non-hydrogen) atoms. The van der Waals surface area contributed by atoms with Crippen LogP contribution in [-0.4, -0.2) is 56.2 Å². The lowest BCUT2D eigenvalue weighted by Gasteiger charge is -2.25. The van der Waals surface area contributed by atoms with Crippen LogP contribution in [0.3, 0.4) is 0 Å². The minimum atomic E-state index is -1.52. The highest BCUT2D eigenvalue weighted by Crippen LogP contribution is 2.45. The maximum absolute atomic E-state index is 8.74. The van der Waals surface area contributed by atoms with Crippen LogP contribution >= 0.6 is 30.2 Å². The third kappa shape index (κ3) is 10.1. The molecule has 0 saturated carbocycles. The van der Waals surface area contributed by atoms with Crippen molar-refractivity contribution in [3.05, 3.63) is 0 Å². The van der Waals surface area contributed by atoms with Crippen LogP contribution in [-0.2, 0) is 23.0 Å². The smallest absolute Gasteiger partial charge is 0.333 e. The third-order valence-electron chi connectivity index (χ3n) is 4.07. The van der Waals surface area contributed by atoms with Crippen molar-refractivity contribution >= 4 is 30.2 Å². The molecule has 1 rings (SSSR count). The fourth-order valence-corrected chi connectivity index (χ4v) is 6.11. The van der Waals surface area contributed by atoms with Crippen molar-refractivity contribution in [3.8, 4) is 6.07 Å². The molecule has 0 aliphatic carbocycles. The normalized spacial score (nSPS) is 26.2. The molecule has 5 atom stereocenters. The summed E-state index contributed by atoms with van der Waals surface area (Å²) in [6.07, 6.45) is 4.19. The summed E-state index contributed by atoms with van der Waals surface area (Å²) in [6.45, 7) is 7.15. The van der Waals surface area contributed by atoms with Gasteiger partial charge in [-0.15, -0.1) is 0 Å². The molecule has 9 heteroatoms. The van der Waals surface area contributed by atoms with Crippen molar-refractivity contribution in [2.24, 2.45) is 0 Å². The standard InChI is InChI=1S/C18H34NO5PS2/c1-5-7-13-26-27-14-9-12-22-25(21-11-8-10-19)24-17-15(3)23-16(6-2)18(17)20-4/h15-18H,5-9,11-14H2,1-4H3/t15-,16+,17?,18-,25?/m0/s1. The summed E-state index contributed by atoms with van der Waals surface area (Å²) < 4.78 is 29.2. The van der Waals surface area contributed by atoms with Gasteiger partial charge in [0, 0.05) is 18.6 Å². The average molecular weight is 440 g/mol. The molecular weight excluding hydrogens is 405 g/mol. The number of hydrogen-bond acceptors (Lipinski definition) is 8. The van der Waals surface area contributed by atoms with Gasteiger partial charge in [-0.2, -0.15) is 5.26 Å². The van der Waals surface area contributed by atoms with Gasteiger partial charge in [-0.25, -0.2) is 0 Å². The summed E-state index contributed by atoms with van der Waals surface area (Å²) in [7, 11) is 3.96. The second-order valence-corrected chi connectivity index (χ2v) is 10.1. The molecule has 0 aromatic heterocycles. The van der Waals surface area contributed by atoms with Gasteiger partial charge in [0.2, 0.25) is 0 Å². The molecule has 0 spiro atoms. The SMILES string of the molecule is CCCCSSCCCOP(OCCC#N)OC1[C@H](C)O[C@H](CC)[C@@H]1OC. The average Bonchev–Trinajstić information content (AvgIpc) is 2.98. The summed E-state index contributed by atoms with van der Waals surface area (Å²) >= 11 is 0. The lowest BCUT2D eigenvalue weighted by Crippen LogP contribution is -2.35. The second kappa shape index (κ2) is 16.2. The number of nitriles is 1. The van der Waals surface area contributed by atoms with Crippen LogP contribution in [0.1, 0.15) is 52.9 Å². The van der Waals surface area contributed by atoms with Crippen LogP contribution in [0.2, 0.25) is 0 Å². The highest BCUT2D eigenvalue weighted by atomic mass is 33.1. The van der Waals surface area contributed by atoms with Crippen molar-refractivity contribution < 1.29 is 23.0 Å². The van der Waals surface area contributed by atoms with Crippen molar-refractivity contribution in [2.45, 2.75) is 77.3 Å². The molecule has 0 radical (unpaired) electrons. The first-order chi connectivity index (χ1) is 13.2. The Kier molecular flexibility index (Phi) is 15.3. The van der Waals surface area contributed by atoms with Crippen molar-refractivity contribution in [3.63, 3.8) is 0 Å². The van der Waals surface area contributed by atoms with Gasteiger partial charge in [0.1, 0.15) is 12.2 Å². The predicted octanol–water partition coefficient (Wildman–Crippen LogP) is 5.33. The molecule has 1 aliphatic heterocycles. The first-order valence-electron chi connectivity index (χ1n) is 9.70. The fourth-order valence-electron chi connectivity index (χ4n) is 2.61. The highest BCUT2D eigenvalue weighted by Gasteiger charge is 2.44. The molecule has 1 heterocycles. The predicted molar refractivity (Wildman–Crippen MR) is 114 cm³/mol. The monoisotopic (exact) mass is 439 g/mol. The number of ether oxygens (including phenoxy) is 2. The first kappa shape index (κ1) is 25.5. The van der Waals surface area contributed by atoms with E-state index in [0.29, 0.717) is 19.6 Å². The Hall–Kier alpha value is 0.420. The summed E-state index contributed by atoms with van der Waals surface area (Å²) in [5, 5.41) is 8.74. The topological polar surface area (TPSA) is 69.9 Å². The molecule has 1 saturated heterocycles. The molecule has 0 aromatic carbocycles. The third-order valence-corrected chi connectivity index (χ3v) is 7.85. The Morgan fingerprint density at radius 3 is 2.41 bits per heavy atom. The van der Waals surface area contributed by atoms with Crippen LogP contribution in [0.5, 0.6) is 0 Å². The van der Waals surface area contributed by atoms with Crippen molar-refractivity contribution in [1.29, 1.82) is 5.26 Å². The second-order valence-electron chi connectivity index (χ2n) is 6.21. The number of nitrogens with zero attached hydrogens (tertiary/aromatic N) is 1. The van der Waals surface area contributed by atoms with Gasteiger partial charge >= 0.3 is 8.60 Å². The van der Waals surface area contributed by atoms with Gasteiger partial charge in [0.15, 0.2) is 0 Å². The molecule has 2 unspecified atom stereocenters. The highest BCUT2D eigenvalue weighted by molar-refractivity contribution is 8.76. The van der Waals surface area contributed by atoms with Crippen LogP contribution in [0, 0.1) is 11.3 Å². The minimum absolute atomic E-state index is 0.0162. The van der Waals surface area contributed by atoms with E-state index in [1.807, 2.05) is 28.5 Å². The van der Waals surface area contributed by atoms with Crippen LogP contribution in [0.25, 0.3) is 0 Å². The van der Waals surface area contributed by atoms with Gasteiger partial charge in [-0.1, -0.05) is 41.9 Å². The van der Waals surface area contributed by atoms with E-state index in [4.69, 9.17) is 28.3 Å². The summed E-state index contributed by atoms with van der Waals surface area (Å²) in [4.78, 5) is 0. The van der Waals surface area contributed by atoms with Crippen LogP contribution in [0.15, 0.2) is 0 Å². The Balaban J connectivity index is 2.40. The van der Waals surface area contributed by atoms with E-state index in [0.717, 1.165) is 18.6 Å². The van der Waals surface area contributed by atoms with Crippen LogP contribution in [0.4, 0.5) is 0 Å². The van der Waals surface area contributed by atoms with E-state index in [-0.39, 0.29) is 24.4 Å². The number of methoxy groups -OCH3 is 1. The van der Waals surface area contributed by atoms with Gasteiger partial charge < -0.3 is 23.0 Å². The molecule has 1 aliphatic rings. The number of rotatable bonds is 16. The van der Waals surface area contributed by atoms with Crippen molar-refractivity contribution in [2.75, 3.05) is 31.8 Å². The lowest BCUT2D eigenvalue weighted by atomic mass is 10.1. The van der Waals surface area contributed by atoms with Crippen LogP contribution < -0.4 is 0 Å². The number of unbranched alkanes of at least 4 members (excludes halogenated alkanes) is 1. The van der Waals surface area contributed by atoms with E-state index >= 15 is 0 Å². The van der Waals surface area contributed by atoms with E-state index < -0.39 is 8.60 Å². The maximum Gasteiger partial charge on any atom is 0.333 e. The Labute approximate surface area is 173 Å². The zero-order valence-corrected chi connectivity index (χ0v) is 19.5. The Morgan fingerprint density at radius 2 is 1.78 bits per heavy atom. The molecule has 0 aromatic rings. The van der Waals surface area contributed by atoms with Crippen molar-refractivity contribution in [1.82, 2.24) is 0 Å². The molecule has 0 bridgehead atoms. The maximum atomic E-state index is 8.74. The zero-order valence-electron chi connectivity index (χ0n) is 16.9. The van der Waals surface area contributed by atoms with Gasteiger partial charge in [0.25, 0.3) is 0 Å².